The molecule has 2 aliphatic heterocycles. The number of benzene rings is 2. The van der Waals surface area contributed by atoms with Gasteiger partial charge < -0.3 is 14.2 Å². The molecule has 0 radical (unpaired) electrons. The third kappa shape index (κ3) is 7.00. The van der Waals surface area contributed by atoms with Gasteiger partial charge >= 0.3 is 0 Å². The summed E-state index contributed by atoms with van der Waals surface area (Å²) in [6.07, 6.45) is 4.48. The summed E-state index contributed by atoms with van der Waals surface area (Å²) in [6.45, 7) is 7.56. The smallest absolute Gasteiger partial charge is 0.121 e. The van der Waals surface area contributed by atoms with Crippen LogP contribution in [0.2, 0.25) is 10.0 Å². The molecule has 0 atom stereocenters. The Morgan fingerprint density at radius 2 is 1.52 bits per heavy atom. The maximum Gasteiger partial charge on any atom is 0.121 e. The van der Waals surface area contributed by atoms with Crippen LogP contribution in [-0.2, 0) is 11.3 Å². The number of piperidine rings is 1. The lowest BCUT2D eigenvalue weighted by molar-refractivity contribution is -0.0839. The van der Waals surface area contributed by atoms with Gasteiger partial charge in [0, 0.05) is 39.4 Å². The fourth-order valence-electron chi connectivity index (χ4n) is 4.56. The Kier molecular flexibility index (Phi) is 8.78. The molecule has 0 aromatic heterocycles. The minimum atomic E-state index is -0.282. The van der Waals surface area contributed by atoms with E-state index in [1.165, 1.54) is 31.5 Å². The Bertz CT molecular complexity index is 880. The van der Waals surface area contributed by atoms with E-state index in [9.17, 15) is 0 Å². The topological polar surface area (TPSA) is 34.2 Å². The summed E-state index contributed by atoms with van der Waals surface area (Å²) in [7, 11) is 1.77. The SMILES string of the molecule is COC1(COc2ccc(Cl)c(Cl)c2)CCN(Cc2ccc(OCCN3CCCC3)cc2)CC1. The van der Waals surface area contributed by atoms with Gasteiger partial charge in [-0.2, -0.15) is 0 Å². The number of nitrogens with zero attached hydrogens (tertiary/aromatic N) is 2. The van der Waals surface area contributed by atoms with Crippen molar-refractivity contribution in [3.8, 4) is 11.5 Å². The summed E-state index contributed by atoms with van der Waals surface area (Å²) < 4.78 is 17.8. The molecule has 0 bridgehead atoms. The number of methoxy groups -OCH3 is 1. The van der Waals surface area contributed by atoms with Crippen LogP contribution in [0.1, 0.15) is 31.2 Å². The van der Waals surface area contributed by atoms with Crippen molar-refractivity contribution in [3.05, 3.63) is 58.1 Å². The maximum absolute atomic E-state index is 6.10. The molecular formula is C26H34Cl2N2O3. The molecule has 180 valence electrons. The van der Waals surface area contributed by atoms with Gasteiger partial charge in [0.1, 0.15) is 30.3 Å². The van der Waals surface area contributed by atoms with Crippen LogP contribution in [0.25, 0.3) is 0 Å². The zero-order valence-electron chi connectivity index (χ0n) is 19.4. The normalized spacial score (nSPS) is 19.0. The van der Waals surface area contributed by atoms with Crippen LogP contribution >= 0.6 is 23.2 Å². The minimum Gasteiger partial charge on any atom is -0.492 e. The van der Waals surface area contributed by atoms with E-state index in [4.69, 9.17) is 37.4 Å². The van der Waals surface area contributed by atoms with Crippen LogP contribution in [0.15, 0.2) is 42.5 Å². The first-order valence-corrected chi connectivity index (χ1v) is 12.6. The van der Waals surface area contributed by atoms with Gasteiger partial charge in [0.2, 0.25) is 0 Å². The number of rotatable bonds is 10. The summed E-state index contributed by atoms with van der Waals surface area (Å²) in [5.74, 6) is 1.67. The first kappa shape index (κ1) is 24.6. The molecule has 0 aliphatic carbocycles. The quantitative estimate of drug-likeness (QED) is 0.435. The molecule has 4 rings (SSSR count). The van der Waals surface area contributed by atoms with E-state index in [-0.39, 0.29) is 5.60 Å². The van der Waals surface area contributed by atoms with E-state index in [1.807, 2.05) is 6.07 Å². The lowest BCUT2D eigenvalue weighted by Gasteiger charge is -2.40. The molecule has 2 aromatic rings. The molecule has 2 aliphatic rings. The molecule has 2 aromatic carbocycles. The molecule has 2 saturated heterocycles. The lowest BCUT2D eigenvalue weighted by atomic mass is 9.91. The van der Waals surface area contributed by atoms with Crippen molar-refractivity contribution >= 4 is 23.2 Å². The van der Waals surface area contributed by atoms with Gasteiger partial charge in [0.05, 0.1) is 10.0 Å². The third-order valence-corrected chi connectivity index (χ3v) is 7.54. The summed E-state index contributed by atoms with van der Waals surface area (Å²) >= 11 is 12.1. The van der Waals surface area contributed by atoms with Gasteiger partial charge in [-0.3, -0.25) is 9.80 Å². The molecule has 7 heteroatoms. The Balaban J connectivity index is 1.21. The summed E-state index contributed by atoms with van der Waals surface area (Å²) in [5, 5.41) is 1.03. The summed E-state index contributed by atoms with van der Waals surface area (Å²) in [5.41, 5.74) is 1.02. The van der Waals surface area contributed by atoms with Crippen molar-refractivity contribution < 1.29 is 14.2 Å². The van der Waals surface area contributed by atoms with Gasteiger partial charge in [-0.15, -0.1) is 0 Å². The highest BCUT2D eigenvalue weighted by Crippen LogP contribution is 2.30. The Hall–Kier alpha value is -1.50. The molecule has 0 unspecified atom stereocenters. The standard InChI is InChI=1S/C26H34Cl2N2O3/c1-31-26(20-33-23-8-9-24(27)25(28)18-23)10-14-30(15-11-26)19-21-4-6-22(7-5-21)32-17-16-29-12-2-3-13-29/h4-9,18H,2-3,10-17,19-20H2,1H3. The highest BCUT2D eigenvalue weighted by atomic mass is 35.5. The van der Waals surface area contributed by atoms with Gasteiger partial charge in [-0.05, 0) is 68.6 Å². The van der Waals surface area contributed by atoms with Crippen molar-refractivity contribution in [2.45, 2.75) is 37.8 Å². The molecule has 0 saturated carbocycles. The van der Waals surface area contributed by atoms with Gasteiger partial charge in [0.15, 0.2) is 0 Å². The molecule has 2 heterocycles. The molecular weight excluding hydrogens is 459 g/mol. The molecule has 0 amide bonds. The van der Waals surface area contributed by atoms with Crippen LogP contribution in [0, 0.1) is 0 Å². The Labute approximate surface area is 207 Å². The molecule has 0 spiro atoms. The highest BCUT2D eigenvalue weighted by Gasteiger charge is 2.35. The fraction of sp³-hybridized carbons (Fsp3) is 0.538. The molecule has 33 heavy (non-hydrogen) atoms. The lowest BCUT2D eigenvalue weighted by Crippen LogP contribution is -2.48. The van der Waals surface area contributed by atoms with E-state index >= 15 is 0 Å². The second kappa shape index (κ2) is 11.8. The zero-order chi connectivity index (χ0) is 23.1. The van der Waals surface area contributed by atoms with Crippen LogP contribution in [-0.4, -0.2) is 68.4 Å². The maximum atomic E-state index is 6.10. The predicted octanol–water partition coefficient (Wildman–Crippen LogP) is 5.53. The summed E-state index contributed by atoms with van der Waals surface area (Å²) in [4.78, 5) is 4.94. The van der Waals surface area contributed by atoms with Crippen molar-refractivity contribution in [2.75, 3.05) is 53.0 Å². The van der Waals surface area contributed by atoms with Gasteiger partial charge in [-0.1, -0.05) is 35.3 Å². The van der Waals surface area contributed by atoms with Crippen molar-refractivity contribution in [3.63, 3.8) is 0 Å². The van der Waals surface area contributed by atoms with Crippen LogP contribution in [0.5, 0.6) is 11.5 Å². The fourth-order valence-corrected chi connectivity index (χ4v) is 4.84. The zero-order valence-corrected chi connectivity index (χ0v) is 20.9. The second-order valence-electron chi connectivity index (χ2n) is 9.07. The van der Waals surface area contributed by atoms with E-state index in [2.05, 4.69) is 34.1 Å². The van der Waals surface area contributed by atoms with Gasteiger partial charge in [0.25, 0.3) is 0 Å². The minimum absolute atomic E-state index is 0.282. The highest BCUT2D eigenvalue weighted by molar-refractivity contribution is 6.42. The molecule has 0 N–H and O–H groups in total. The van der Waals surface area contributed by atoms with Crippen LogP contribution in [0.3, 0.4) is 0 Å². The van der Waals surface area contributed by atoms with Crippen LogP contribution < -0.4 is 9.47 Å². The number of hydrogen-bond acceptors (Lipinski definition) is 5. The largest absolute Gasteiger partial charge is 0.492 e. The molecule has 5 nitrogen and oxygen atoms in total. The Morgan fingerprint density at radius 3 is 2.18 bits per heavy atom. The first-order valence-electron chi connectivity index (χ1n) is 11.8. The average molecular weight is 493 g/mol. The Morgan fingerprint density at radius 1 is 0.818 bits per heavy atom. The molecule has 2 fully saturated rings. The predicted molar refractivity (Wildman–Crippen MR) is 134 cm³/mol. The average Bonchev–Trinajstić information content (AvgIpc) is 3.36. The number of ether oxygens (including phenoxy) is 3. The summed E-state index contributed by atoms with van der Waals surface area (Å²) in [6, 6.07) is 13.9. The van der Waals surface area contributed by atoms with Crippen LogP contribution in [0.4, 0.5) is 0 Å². The second-order valence-corrected chi connectivity index (χ2v) is 9.88. The number of halogens is 2. The monoisotopic (exact) mass is 492 g/mol. The number of hydrogen-bond donors (Lipinski definition) is 0. The van der Waals surface area contributed by atoms with E-state index in [1.54, 1.807) is 19.2 Å². The van der Waals surface area contributed by atoms with Crippen molar-refractivity contribution in [2.24, 2.45) is 0 Å². The van der Waals surface area contributed by atoms with E-state index in [0.717, 1.165) is 51.4 Å². The van der Waals surface area contributed by atoms with E-state index < -0.39 is 0 Å². The first-order chi connectivity index (χ1) is 16.0. The van der Waals surface area contributed by atoms with Crippen molar-refractivity contribution in [1.82, 2.24) is 9.80 Å². The number of likely N-dealkylation sites (tertiary alicyclic amines) is 2. The van der Waals surface area contributed by atoms with Gasteiger partial charge in [-0.25, -0.2) is 0 Å². The van der Waals surface area contributed by atoms with E-state index in [0.29, 0.717) is 22.4 Å². The third-order valence-electron chi connectivity index (χ3n) is 6.80. The van der Waals surface area contributed by atoms with Crippen molar-refractivity contribution in [1.29, 1.82) is 0 Å².